The van der Waals surface area contributed by atoms with Gasteiger partial charge in [-0.1, -0.05) is 29.3 Å². The maximum Gasteiger partial charge on any atom is 0.256 e. The Labute approximate surface area is 231 Å². The van der Waals surface area contributed by atoms with Crippen LogP contribution in [0.15, 0.2) is 41.3 Å². The van der Waals surface area contributed by atoms with E-state index in [2.05, 4.69) is 15.6 Å². The number of carbonyl (C=O) groups excluding carboxylic acids is 2. The summed E-state index contributed by atoms with van der Waals surface area (Å²) >= 11 is 12.4. The number of methoxy groups -OCH3 is 1. The first-order chi connectivity index (χ1) is 18.0. The predicted octanol–water partition coefficient (Wildman–Crippen LogP) is 5.17. The van der Waals surface area contributed by atoms with Gasteiger partial charge in [0.2, 0.25) is 0 Å². The van der Waals surface area contributed by atoms with Gasteiger partial charge in [0, 0.05) is 58.5 Å². The van der Waals surface area contributed by atoms with E-state index >= 15 is 0 Å². The topological polar surface area (TPSA) is 117 Å². The molecule has 0 aliphatic carbocycles. The molecule has 0 bridgehead atoms. The molecule has 3 N–H and O–H groups in total. The van der Waals surface area contributed by atoms with Gasteiger partial charge in [-0.15, -0.1) is 0 Å². The molecule has 0 saturated carbocycles. The number of aromatic nitrogens is 1. The van der Waals surface area contributed by atoms with Crippen LogP contribution in [0.25, 0.3) is 11.6 Å². The minimum atomic E-state index is -3.83. The standard InChI is InChI=1S/C27H27Cl2N3O5S/c1-15-24(31-16(2)25(15)27(34)30-10-5-11-37-3)13-19-18-12-17(8-9-23(18)32-26(19)33)38(35,36)14-20-21(28)6-4-7-22(20)29/h4,6-9,12-13,31H,5,10-11,14H2,1-3H3,(H,30,34)(H,32,33). The number of benzene rings is 2. The Kier molecular flexibility index (Phi) is 8.32. The largest absolute Gasteiger partial charge is 0.385 e. The predicted molar refractivity (Wildman–Crippen MR) is 149 cm³/mol. The van der Waals surface area contributed by atoms with Gasteiger partial charge in [-0.05, 0) is 62.2 Å². The molecule has 2 heterocycles. The summed E-state index contributed by atoms with van der Waals surface area (Å²) in [7, 11) is -2.23. The van der Waals surface area contributed by atoms with Crippen molar-refractivity contribution in [1.29, 1.82) is 0 Å². The molecule has 8 nitrogen and oxygen atoms in total. The summed E-state index contributed by atoms with van der Waals surface area (Å²) in [5, 5.41) is 6.16. The molecule has 38 heavy (non-hydrogen) atoms. The van der Waals surface area contributed by atoms with Crippen molar-refractivity contribution in [3.05, 3.63) is 80.1 Å². The van der Waals surface area contributed by atoms with Crippen molar-refractivity contribution in [1.82, 2.24) is 10.3 Å². The summed E-state index contributed by atoms with van der Waals surface area (Å²) in [5.41, 5.74) is 3.95. The van der Waals surface area contributed by atoms with Crippen molar-refractivity contribution < 1.29 is 22.7 Å². The smallest absolute Gasteiger partial charge is 0.256 e. The van der Waals surface area contributed by atoms with E-state index in [4.69, 9.17) is 27.9 Å². The van der Waals surface area contributed by atoms with Crippen LogP contribution in [0.3, 0.4) is 0 Å². The summed E-state index contributed by atoms with van der Waals surface area (Å²) in [6, 6.07) is 9.27. The number of sulfone groups is 1. The summed E-state index contributed by atoms with van der Waals surface area (Å²) in [4.78, 5) is 28.8. The van der Waals surface area contributed by atoms with Crippen LogP contribution >= 0.6 is 23.2 Å². The van der Waals surface area contributed by atoms with Crippen molar-refractivity contribution in [3.8, 4) is 0 Å². The molecule has 0 radical (unpaired) electrons. The fraction of sp³-hybridized carbons (Fsp3) is 0.259. The molecule has 2 amide bonds. The molecule has 0 unspecified atom stereocenters. The molecule has 1 aromatic heterocycles. The van der Waals surface area contributed by atoms with Crippen molar-refractivity contribution >= 4 is 62.2 Å². The lowest BCUT2D eigenvalue weighted by molar-refractivity contribution is -0.110. The highest BCUT2D eigenvalue weighted by atomic mass is 35.5. The molecule has 200 valence electrons. The summed E-state index contributed by atoms with van der Waals surface area (Å²) in [5.74, 6) is -0.983. The molecule has 3 aromatic rings. The molecule has 4 rings (SSSR count). The Hall–Kier alpha value is -3.11. The van der Waals surface area contributed by atoms with Crippen LogP contribution in [-0.4, -0.2) is 45.5 Å². The van der Waals surface area contributed by atoms with Crippen LogP contribution in [0, 0.1) is 13.8 Å². The molecule has 2 aromatic carbocycles. The summed E-state index contributed by atoms with van der Waals surface area (Å²) in [6.45, 7) is 4.59. The SMILES string of the molecule is COCCCNC(=O)c1c(C)[nH]c(C=C2C(=O)Nc3ccc(S(=O)(=O)Cc4c(Cl)cccc4Cl)cc32)c1C. The zero-order chi connectivity index (χ0) is 27.6. The molecular weight excluding hydrogens is 549 g/mol. The van der Waals surface area contributed by atoms with Crippen LogP contribution in [0.2, 0.25) is 10.0 Å². The first kappa shape index (κ1) is 27.9. The van der Waals surface area contributed by atoms with Crippen molar-refractivity contribution in [2.24, 2.45) is 0 Å². The Balaban J connectivity index is 1.66. The van der Waals surface area contributed by atoms with Gasteiger partial charge in [-0.3, -0.25) is 9.59 Å². The summed E-state index contributed by atoms with van der Waals surface area (Å²) < 4.78 is 31.5. The van der Waals surface area contributed by atoms with E-state index in [1.807, 2.05) is 0 Å². The third kappa shape index (κ3) is 5.66. The van der Waals surface area contributed by atoms with E-state index in [0.717, 1.165) is 0 Å². The highest BCUT2D eigenvalue weighted by molar-refractivity contribution is 7.90. The summed E-state index contributed by atoms with van der Waals surface area (Å²) in [6.07, 6.45) is 2.32. The number of ether oxygens (including phenoxy) is 1. The van der Waals surface area contributed by atoms with Gasteiger partial charge in [0.1, 0.15) is 0 Å². The third-order valence-electron chi connectivity index (χ3n) is 6.33. The van der Waals surface area contributed by atoms with Gasteiger partial charge in [0.05, 0.1) is 21.8 Å². The highest BCUT2D eigenvalue weighted by Crippen LogP contribution is 2.37. The number of rotatable bonds is 9. The quantitative estimate of drug-likeness (QED) is 0.240. The molecule has 0 fully saturated rings. The second kappa shape index (κ2) is 11.3. The number of fused-ring (bicyclic) bond motifs is 1. The first-order valence-corrected chi connectivity index (χ1v) is 14.2. The number of amides is 2. The third-order valence-corrected chi connectivity index (χ3v) is 8.68. The van der Waals surface area contributed by atoms with E-state index in [1.54, 1.807) is 51.3 Å². The second-order valence-electron chi connectivity index (χ2n) is 8.94. The van der Waals surface area contributed by atoms with Gasteiger partial charge in [0.25, 0.3) is 11.8 Å². The maximum atomic E-state index is 13.3. The number of nitrogens with one attached hydrogen (secondary N) is 3. The lowest BCUT2D eigenvalue weighted by Gasteiger charge is -2.10. The Bertz CT molecular complexity index is 1540. The number of halogens is 2. The molecular formula is C27H27Cl2N3O5S. The van der Waals surface area contributed by atoms with Crippen LogP contribution < -0.4 is 10.6 Å². The lowest BCUT2D eigenvalue weighted by atomic mass is 10.0. The zero-order valence-electron chi connectivity index (χ0n) is 21.1. The number of carbonyl (C=O) groups is 2. The van der Waals surface area contributed by atoms with Gasteiger partial charge in [-0.2, -0.15) is 0 Å². The monoisotopic (exact) mass is 575 g/mol. The van der Waals surface area contributed by atoms with E-state index < -0.39 is 9.84 Å². The Morgan fingerprint density at radius 1 is 1.13 bits per heavy atom. The lowest BCUT2D eigenvalue weighted by Crippen LogP contribution is -2.26. The average Bonchev–Trinajstić information content (AvgIpc) is 3.33. The van der Waals surface area contributed by atoms with Gasteiger partial charge in [-0.25, -0.2) is 8.42 Å². The van der Waals surface area contributed by atoms with E-state index in [9.17, 15) is 18.0 Å². The van der Waals surface area contributed by atoms with E-state index in [-0.39, 0.29) is 38.1 Å². The molecule has 1 aliphatic heterocycles. The van der Waals surface area contributed by atoms with Crippen molar-refractivity contribution in [2.45, 2.75) is 30.9 Å². The van der Waals surface area contributed by atoms with Crippen molar-refractivity contribution in [2.75, 3.05) is 25.6 Å². The van der Waals surface area contributed by atoms with E-state index in [0.29, 0.717) is 58.9 Å². The van der Waals surface area contributed by atoms with Gasteiger partial charge >= 0.3 is 0 Å². The number of aryl methyl sites for hydroxylation is 1. The average molecular weight is 577 g/mol. The molecule has 0 spiro atoms. The zero-order valence-corrected chi connectivity index (χ0v) is 23.4. The fourth-order valence-corrected chi connectivity index (χ4v) is 6.48. The number of hydrogen-bond acceptors (Lipinski definition) is 5. The van der Waals surface area contributed by atoms with Gasteiger partial charge < -0.3 is 20.4 Å². The van der Waals surface area contributed by atoms with Gasteiger partial charge in [0.15, 0.2) is 9.84 Å². The van der Waals surface area contributed by atoms with Crippen LogP contribution in [-0.2, 0) is 25.1 Å². The number of H-pyrrole nitrogens is 1. The van der Waals surface area contributed by atoms with Crippen LogP contribution in [0.5, 0.6) is 0 Å². The fourth-order valence-electron chi connectivity index (χ4n) is 4.36. The molecule has 11 heteroatoms. The maximum absolute atomic E-state index is 13.3. The van der Waals surface area contributed by atoms with Crippen molar-refractivity contribution in [3.63, 3.8) is 0 Å². The minimum Gasteiger partial charge on any atom is -0.385 e. The minimum absolute atomic E-state index is 0.0325. The number of aromatic amines is 1. The Morgan fingerprint density at radius 3 is 2.53 bits per heavy atom. The second-order valence-corrected chi connectivity index (χ2v) is 11.7. The number of anilines is 1. The first-order valence-electron chi connectivity index (χ1n) is 11.8. The molecule has 0 atom stereocenters. The van der Waals surface area contributed by atoms with Crippen LogP contribution in [0.4, 0.5) is 5.69 Å². The highest BCUT2D eigenvalue weighted by Gasteiger charge is 2.28. The Morgan fingerprint density at radius 2 is 1.84 bits per heavy atom. The molecule has 1 aliphatic rings. The van der Waals surface area contributed by atoms with E-state index in [1.165, 1.54) is 12.1 Å². The number of hydrogen-bond donors (Lipinski definition) is 3. The normalized spacial score (nSPS) is 14.0. The molecule has 0 saturated heterocycles. The van der Waals surface area contributed by atoms with Crippen LogP contribution in [0.1, 0.15) is 44.9 Å².